The van der Waals surface area contributed by atoms with Gasteiger partial charge in [-0.1, -0.05) is 0 Å². The lowest BCUT2D eigenvalue weighted by atomic mass is 9.39. The molecule has 8 nitrogen and oxygen atoms in total. The van der Waals surface area contributed by atoms with E-state index in [1.54, 1.807) is 0 Å². The normalized spacial score (nSPS) is 30.1. The smallest absolute Gasteiger partial charge is 0.482 e. The van der Waals surface area contributed by atoms with Crippen LogP contribution in [0.25, 0.3) is 0 Å². The second-order valence-corrected chi connectivity index (χ2v) is 9.10. The van der Waals surface area contributed by atoms with E-state index in [2.05, 4.69) is 25.2 Å². The van der Waals surface area contributed by atoms with Crippen molar-refractivity contribution in [1.29, 1.82) is 0 Å². The van der Waals surface area contributed by atoms with Crippen molar-refractivity contribution >= 4 is 5.91 Å². The van der Waals surface area contributed by atoms with Gasteiger partial charge in [-0.15, -0.1) is 23.4 Å². The molecule has 2 aromatic rings. The molecule has 1 amide bonds. The minimum Gasteiger partial charge on any atom is -0.482 e. The molecule has 4 aliphatic carbocycles. The summed E-state index contributed by atoms with van der Waals surface area (Å²) in [5.41, 5.74) is -1.85. The number of pyridine rings is 1. The number of alkyl halides is 6. The molecular weight excluding hydrogens is 474 g/mol. The first-order chi connectivity index (χ1) is 15.8. The number of carbonyl (C=O) groups is 1. The summed E-state index contributed by atoms with van der Waals surface area (Å²) in [6, 6.07) is 1.86. The highest BCUT2D eigenvalue weighted by Crippen LogP contribution is 2.67. The van der Waals surface area contributed by atoms with E-state index in [1.807, 2.05) is 0 Å². The van der Waals surface area contributed by atoms with Crippen LogP contribution in [0.2, 0.25) is 0 Å². The maximum atomic E-state index is 12.5. The zero-order valence-electron chi connectivity index (χ0n) is 17.4. The number of nitrogens with zero attached hydrogens (tertiary/aromatic N) is 3. The van der Waals surface area contributed by atoms with Gasteiger partial charge in [-0.3, -0.25) is 9.53 Å². The Bertz CT molecular complexity index is 1060. The molecule has 14 heteroatoms. The van der Waals surface area contributed by atoms with Crippen LogP contribution >= 0.6 is 0 Å². The van der Waals surface area contributed by atoms with E-state index < -0.39 is 35.8 Å². The first kappa shape index (κ1) is 22.9. The molecular formula is C20H18F6N4O4. The average molecular weight is 492 g/mol. The molecule has 4 fully saturated rings. The number of hydrogen-bond donors (Lipinski definition) is 1. The highest BCUT2D eigenvalue weighted by molar-refractivity contribution is 5.79. The Balaban J connectivity index is 1.07. The summed E-state index contributed by atoms with van der Waals surface area (Å²) in [5.74, 6) is 0.0368. The Morgan fingerprint density at radius 2 is 1.82 bits per heavy atom. The zero-order chi connectivity index (χ0) is 24.4. The maximum Gasteiger partial charge on any atom is 0.522 e. The molecule has 2 aromatic heterocycles. The quantitative estimate of drug-likeness (QED) is 0.590. The molecule has 0 unspecified atom stereocenters. The molecule has 4 saturated carbocycles. The first-order valence-corrected chi connectivity index (χ1v) is 10.4. The fraction of sp³-hybridized carbons (Fsp3) is 0.600. The van der Waals surface area contributed by atoms with Gasteiger partial charge in [0.25, 0.3) is 5.91 Å². The molecule has 0 radical (unpaired) electrons. The van der Waals surface area contributed by atoms with E-state index in [0.717, 1.165) is 18.3 Å². The summed E-state index contributed by atoms with van der Waals surface area (Å²) < 4.78 is 89.2. The van der Waals surface area contributed by atoms with Crippen LogP contribution in [-0.4, -0.2) is 45.7 Å². The number of aromatic nitrogens is 3. The lowest BCUT2D eigenvalue weighted by Crippen LogP contribution is -2.77. The summed E-state index contributed by atoms with van der Waals surface area (Å²) in [5, 5.41) is 10.9. The van der Waals surface area contributed by atoms with Gasteiger partial charge in [-0.2, -0.15) is 13.2 Å². The van der Waals surface area contributed by atoms with Gasteiger partial charge >= 0.3 is 12.5 Å². The molecule has 6 rings (SSSR count). The van der Waals surface area contributed by atoms with Crippen molar-refractivity contribution in [3.8, 4) is 5.75 Å². The van der Waals surface area contributed by atoms with E-state index in [0.29, 0.717) is 31.0 Å². The standard InChI is InChI=1S/C20H18F6N4O4/c21-19(22,23)13-2-1-11(5-27-13)32-6-14(31)28-18-7-17(8-18,9-18)16-30-29-15(33-16)10-3-12(4-10)34-20(24,25)26/h1-2,5,10,12H,3-4,6-9H2,(H,28,31). The zero-order valence-corrected chi connectivity index (χ0v) is 17.4. The maximum absolute atomic E-state index is 12.5. The topological polar surface area (TPSA) is 99.4 Å². The summed E-state index contributed by atoms with van der Waals surface area (Å²) in [6.07, 6.45) is -7.21. The van der Waals surface area contributed by atoms with Crippen LogP contribution in [0.3, 0.4) is 0 Å². The van der Waals surface area contributed by atoms with Crippen LogP contribution in [0.4, 0.5) is 26.3 Å². The Hall–Kier alpha value is -2.90. The third kappa shape index (κ3) is 4.30. The average Bonchev–Trinajstić information content (AvgIpc) is 3.12. The van der Waals surface area contributed by atoms with Crippen molar-refractivity contribution in [2.45, 2.75) is 67.6 Å². The van der Waals surface area contributed by atoms with Crippen molar-refractivity contribution in [2.24, 2.45) is 0 Å². The first-order valence-electron chi connectivity index (χ1n) is 10.4. The van der Waals surface area contributed by atoms with Crippen molar-refractivity contribution in [2.75, 3.05) is 6.61 Å². The predicted molar refractivity (Wildman–Crippen MR) is 98.3 cm³/mol. The molecule has 0 atom stereocenters. The summed E-state index contributed by atoms with van der Waals surface area (Å²) in [6.45, 7) is -0.380. The van der Waals surface area contributed by atoms with Gasteiger partial charge in [0, 0.05) is 11.5 Å². The fourth-order valence-electron chi connectivity index (χ4n) is 4.93. The van der Waals surface area contributed by atoms with Gasteiger partial charge in [-0.25, -0.2) is 4.98 Å². The summed E-state index contributed by atoms with van der Waals surface area (Å²) in [7, 11) is 0. The Labute approximate surface area is 188 Å². The highest BCUT2D eigenvalue weighted by atomic mass is 19.4. The minimum atomic E-state index is -4.67. The van der Waals surface area contributed by atoms with E-state index in [4.69, 9.17) is 9.15 Å². The van der Waals surface area contributed by atoms with Gasteiger partial charge < -0.3 is 14.5 Å². The van der Waals surface area contributed by atoms with Crippen molar-refractivity contribution in [1.82, 2.24) is 20.5 Å². The van der Waals surface area contributed by atoms with Crippen LogP contribution in [0, 0.1) is 0 Å². The second-order valence-electron chi connectivity index (χ2n) is 9.10. The predicted octanol–water partition coefficient (Wildman–Crippen LogP) is 3.64. The van der Waals surface area contributed by atoms with Crippen LogP contribution < -0.4 is 10.1 Å². The highest BCUT2D eigenvalue weighted by Gasteiger charge is 2.72. The van der Waals surface area contributed by atoms with Crippen LogP contribution in [-0.2, 0) is 21.1 Å². The van der Waals surface area contributed by atoms with Crippen molar-refractivity contribution in [3.05, 3.63) is 35.8 Å². The molecule has 34 heavy (non-hydrogen) atoms. The fourth-order valence-corrected chi connectivity index (χ4v) is 4.93. The lowest BCUT2D eigenvalue weighted by molar-refractivity contribution is -0.352. The monoisotopic (exact) mass is 492 g/mol. The molecule has 0 saturated heterocycles. The molecule has 2 bridgehead atoms. The van der Waals surface area contributed by atoms with E-state index in [-0.39, 0.29) is 36.5 Å². The molecule has 2 heterocycles. The number of ether oxygens (including phenoxy) is 2. The van der Waals surface area contributed by atoms with Gasteiger partial charge in [-0.05, 0) is 44.2 Å². The van der Waals surface area contributed by atoms with Gasteiger partial charge in [0.1, 0.15) is 11.4 Å². The second kappa shape index (κ2) is 7.55. The Morgan fingerprint density at radius 1 is 1.12 bits per heavy atom. The molecule has 0 aliphatic heterocycles. The Morgan fingerprint density at radius 3 is 2.41 bits per heavy atom. The van der Waals surface area contributed by atoms with Crippen LogP contribution in [0.1, 0.15) is 55.5 Å². The van der Waals surface area contributed by atoms with Gasteiger partial charge in [0.2, 0.25) is 11.8 Å². The minimum absolute atomic E-state index is 0.0365. The van der Waals surface area contributed by atoms with Crippen LogP contribution in [0.15, 0.2) is 22.7 Å². The third-order valence-corrected chi connectivity index (χ3v) is 6.47. The number of carbonyl (C=O) groups excluding carboxylic acids is 1. The summed E-state index contributed by atoms with van der Waals surface area (Å²) >= 11 is 0. The molecule has 0 aromatic carbocycles. The van der Waals surface area contributed by atoms with E-state index in [9.17, 15) is 31.1 Å². The molecule has 0 spiro atoms. The van der Waals surface area contributed by atoms with Gasteiger partial charge in [0.15, 0.2) is 6.61 Å². The van der Waals surface area contributed by atoms with Crippen molar-refractivity contribution in [3.63, 3.8) is 0 Å². The number of amides is 1. The van der Waals surface area contributed by atoms with Crippen molar-refractivity contribution < 1.29 is 45.0 Å². The molecule has 1 N–H and O–H groups in total. The largest absolute Gasteiger partial charge is 0.522 e. The third-order valence-electron chi connectivity index (χ3n) is 6.47. The van der Waals surface area contributed by atoms with Crippen LogP contribution in [0.5, 0.6) is 5.75 Å². The number of halogens is 6. The van der Waals surface area contributed by atoms with E-state index in [1.165, 1.54) is 0 Å². The summed E-state index contributed by atoms with van der Waals surface area (Å²) in [4.78, 5) is 15.5. The van der Waals surface area contributed by atoms with Gasteiger partial charge in [0.05, 0.1) is 17.7 Å². The van der Waals surface area contributed by atoms with E-state index >= 15 is 0 Å². The lowest BCUT2D eigenvalue weighted by Gasteiger charge is -2.68. The molecule has 184 valence electrons. The number of rotatable bonds is 7. The SMILES string of the molecule is O=C(COc1ccc(C(F)(F)F)nc1)NC12CC(c3nnc(C4CC(OC(F)(F)F)C4)o3)(C1)C2. The molecule has 4 aliphatic rings. The Kier molecular flexibility index (Phi) is 5.08. The number of nitrogens with one attached hydrogen (secondary N) is 1. The number of hydrogen-bond acceptors (Lipinski definition) is 7.